The van der Waals surface area contributed by atoms with Crippen LogP contribution in [-0.4, -0.2) is 35.4 Å². The quantitative estimate of drug-likeness (QED) is 0.406. The second-order valence-corrected chi connectivity index (χ2v) is 2.54. The number of aliphatic hydroxyl groups is 1. The molecule has 0 aromatic carbocycles. The summed E-state index contributed by atoms with van der Waals surface area (Å²) >= 11 is 0. The van der Waals surface area contributed by atoms with Gasteiger partial charge in [0.15, 0.2) is 0 Å². The van der Waals surface area contributed by atoms with Crippen LogP contribution in [0.3, 0.4) is 0 Å². The standard InChI is InChI=1S/C8H14O5.2C2H4/c9-5-6-13-8(12)4-2-1-3-7(10)11;2*1-2/h9H,1-6H2,(H,10,11);2*1-2H2. The molecular weight excluding hydrogens is 224 g/mol. The monoisotopic (exact) mass is 246 g/mol. The van der Waals surface area contributed by atoms with E-state index < -0.39 is 5.97 Å². The maximum Gasteiger partial charge on any atom is 0.305 e. The van der Waals surface area contributed by atoms with E-state index in [1.54, 1.807) is 0 Å². The molecular formula is C12H22O5. The molecule has 0 aromatic rings. The van der Waals surface area contributed by atoms with Gasteiger partial charge in [0.1, 0.15) is 6.61 Å². The van der Waals surface area contributed by atoms with Crippen molar-refractivity contribution in [3.05, 3.63) is 26.3 Å². The van der Waals surface area contributed by atoms with Gasteiger partial charge in [-0.15, -0.1) is 26.3 Å². The van der Waals surface area contributed by atoms with Crippen LogP contribution in [0.5, 0.6) is 0 Å². The Bertz CT molecular complexity index is 189. The number of carbonyl (C=O) groups is 2. The van der Waals surface area contributed by atoms with Crippen molar-refractivity contribution < 1.29 is 24.5 Å². The van der Waals surface area contributed by atoms with Gasteiger partial charge in [-0.25, -0.2) is 0 Å². The van der Waals surface area contributed by atoms with Crippen LogP contribution >= 0.6 is 0 Å². The molecule has 0 aliphatic rings. The van der Waals surface area contributed by atoms with Gasteiger partial charge in [0.25, 0.3) is 0 Å². The van der Waals surface area contributed by atoms with Gasteiger partial charge < -0.3 is 14.9 Å². The van der Waals surface area contributed by atoms with Crippen molar-refractivity contribution >= 4 is 11.9 Å². The number of carbonyl (C=O) groups excluding carboxylic acids is 1. The van der Waals surface area contributed by atoms with E-state index in [0.29, 0.717) is 12.8 Å². The summed E-state index contributed by atoms with van der Waals surface area (Å²) in [7, 11) is 0. The SMILES string of the molecule is C=C.C=C.O=C(O)CCCCC(=O)OCCO. The number of esters is 1. The fourth-order valence-corrected chi connectivity index (χ4v) is 0.777. The highest BCUT2D eigenvalue weighted by atomic mass is 16.5. The van der Waals surface area contributed by atoms with Crippen molar-refractivity contribution in [3.63, 3.8) is 0 Å². The topological polar surface area (TPSA) is 83.8 Å². The number of aliphatic hydroxyl groups excluding tert-OH is 1. The first-order chi connectivity index (χ1) is 8.16. The maximum atomic E-state index is 10.8. The third-order valence-corrected chi connectivity index (χ3v) is 1.38. The third kappa shape index (κ3) is 25.0. The summed E-state index contributed by atoms with van der Waals surface area (Å²) in [5, 5.41) is 16.6. The molecule has 0 bridgehead atoms. The predicted molar refractivity (Wildman–Crippen MR) is 66.7 cm³/mol. The Kier molecular flexibility index (Phi) is 24.3. The van der Waals surface area contributed by atoms with Gasteiger partial charge in [0.2, 0.25) is 0 Å². The molecule has 0 heterocycles. The number of unbranched alkanes of at least 4 members (excludes halogenated alkanes) is 1. The van der Waals surface area contributed by atoms with Crippen molar-refractivity contribution in [2.45, 2.75) is 25.7 Å². The highest BCUT2D eigenvalue weighted by Gasteiger charge is 2.03. The Hall–Kier alpha value is -1.62. The van der Waals surface area contributed by atoms with E-state index in [9.17, 15) is 9.59 Å². The number of hydrogen-bond acceptors (Lipinski definition) is 4. The average molecular weight is 246 g/mol. The normalized spacial score (nSPS) is 7.82. The largest absolute Gasteiger partial charge is 0.481 e. The fraction of sp³-hybridized carbons (Fsp3) is 0.500. The molecule has 5 nitrogen and oxygen atoms in total. The molecule has 0 saturated carbocycles. The first kappa shape index (κ1) is 20.8. The van der Waals surface area contributed by atoms with Crippen LogP contribution in [0, 0.1) is 0 Å². The Morgan fingerprint density at radius 1 is 1.00 bits per heavy atom. The van der Waals surface area contributed by atoms with Crippen LogP contribution < -0.4 is 0 Å². The minimum atomic E-state index is -0.858. The summed E-state index contributed by atoms with van der Waals surface area (Å²) < 4.78 is 4.56. The number of rotatable bonds is 7. The van der Waals surface area contributed by atoms with Crippen LogP contribution in [0.1, 0.15) is 25.7 Å². The molecule has 0 rings (SSSR count). The van der Waals surface area contributed by atoms with E-state index >= 15 is 0 Å². The van der Waals surface area contributed by atoms with E-state index in [-0.39, 0.29) is 32.0 Å². The lowest BCUT2D eigenvalue weighted by Crippen LogP contribution is -2.08. The number of carboxylic acids is 1. The van der Waals surface area contributed by atoms with Crippen molar-refractivity contribution in [1.82, 2.24) is 0 Å². The first-order valence-corrected chi connectivity index (χ1v) is 5.15. The highest BCUT2D eigenvalue weighted by molar-refractivity contribution is 5.69. The van der Waals surface area contributed by atoms with Gasteiger partial charge in [-0.2, -0.15) is 0 Å². The molecule has 2 N–H and O–H groups in total. The number of hydrogen-bond donors (Lipinski definition) is 2. The van der Waals surface area contributed by atoms with Gasteiger partial charge in [-0.05, 0) is 12.8 Å². The molecule has 0 aliphatic carbocycles. The number of ether oxygens (including phenoxy) is 1. The smallest absolute Gasteiger partial charge is 0.305 e. The summed E-state index contributed by atoms with van der Waals surface area (Å²) in [6.07, 6.45) is 1.28. The Balaban J connectivity index is -0.000000439. The molecule has 0 amide bonds. The molecule has 0 aromatic heterocycles. The van der Waals surface area contributed by atoms with E-state index in [4.69, 9.17) is 10.2 Å². The second-order valence-electron chi connectivity index (χ2n) is 2.54. The lowest BCUT2D eigenvalue weighted by molar-refractivity contribution is -0.145. The highest BCUT2D eigenvalue weighted by Crippen LogP contribution is 2.00. The molecule has 0 saturated heterocycles. The van der Waals surface area contributed by atoms with Crippen LogP contribution in [0.2, 0.25) is 0 Å². The van der Waals surface area contributed by atoms with Crippen LogP contribution in [0.25, 0.3) is 0 Å². The molecule has 0 radical (unpaired) electrons. The van der Waals surface area contributed by atoms with Gasteiger partial charge in [0.05, 0.1) is 6.61 Å². The predicted octanol–water partition coefficient (Wildman–Crippen LogP) is 1.77. The molecule has 0 aliphatic heterocycles. The zero-order chi connectivity index (χ0) is 14.1. The average Bonchev–Trinajstić information content (AvgIpc) is 2.37. The van der Waals surface area contributed by atoms with Crippen molar-refractivity contribution in [3.8, 4) is 0 Å². The number of aliphatic carboxylic acids is 1. The molecule has 0 unspecified atom stereocenters. The summed E-state index contributed by atoms with van der Waals surface area (Å²) in [5.74, 6) is -1.25. The van der Waals surface area contributed by atoms with Crippen LogP contribution in [-0.2, 0) is 14.3 Å². The molecule has 100 valence electrons. The van der Waals surface area contributed by atoms with E-state index in [0.717, 1.165) is 0 Å². The molecule has 0 fully saturated rings. The fourth-order valence-electron chi connectivity index (χ4n) is 0.777. The molecule has 5 heteroatoms. The van der Waals surface area contributed by atoms with Gasteiger partial charge >= 0.3 is 11.9 Å². The summed E-state index contributed by atoms with van der Waals surface area (Å²) in [4.78, 5) is 20.8. The van der Waals surface area contributed by atoms with E-state index in [2.05, 4.69) is 31.1 Å². The van der Waals surface area contributed by atoms with Crippen LogP contribution in [0.15, 0.2) is 26.3 Å². The van der Waals surface area contributed by atoms with E-state index in [1.807, 2.05) is 0 Å². The lowest BCUT2D eigenvalue weighted by Gasteiger charge is -2.01. The Morgan fingerprint density at radius 2 is 1.47 bits per heavy atom. The van der Waals surface area contributed by atoms with Gasteiger partial charge in [-0.1, -0.05) is 0 Å². The number of carboxylic acid groups (broad SMARTS) is 1. The Morgan fingerprint density at radius 3 is 1.88 bits per heavy atom. The minimum absolute atomic E-state index is 0.0117. The van der Waals surface area contributed by atoms with Crippen LogP contribution in [0.4, 0.5) is 0 Å². The molecule has 0 atom stereocenters. The van der Waals surface area contributed by atoms with E-state index in [1.165, 1.54) is 0 Å². The summed E-state index contributed by atoms with van der Waals surface area (Å²) in [5.41, 5.74) is 0. The van der Waals surface area contributed by atoms with Gasteiger partial charge in [-0.3, -0.25) is 9.59 Å². The zero-order valence-electron chi connectivity index (χ0n) is 10.2. The van der Waals surface area contributed by atoms with Gasteiger partial charge in [0, 0.05) is 12.8 Å². The summed E-state index contributed by atoms with van der Waals surface area (Å²) in [6, 6.07) is 0. The first-order valence-electron chi connectivity index (χ1n) is 5.15. The lowest BCUT2D eigenvalue weighted by atomic mass is 10.2. The zero-order valence-corrected chi connectivity index (χ0v) is 10.2. The maximum absolute atomic E-state index is 10.8. The second kappa shape index (κ2) is 19.9. The van der Waals surface area contributed by atoms with Crippen molar-refractivity contribution in [2.24, 2.45) is 0 Å². The Labute approximate surface area is 102 Å². The van der Waals surface area contributed by atoms with Crippen molar-refractivity contribution in [2.75, 3.05) is 13.2 Å². The molecule has 0 spiro atoms. The molecule has 17 heavy (non-hydrogen) atoms. The minimum Gasteiger partial charge on any atom is -0.481 e. The van der Waals surface area contributed by atoms with Crippen molar-refractivity contribution in [1.29, 1.82) is 0 Å². The summed E-state index contributed by atoms with van der Waals surface area (Å²) in [6.45, 7) is 11.8. The third-order valence-electron chi connectivity index (χ3n) is 1.38.